The molecule has 1 aliphatic rings. The molecule has 0 radical (unpaired) electrons. The number of carbonyl (C=O) groups excluding carboxylic acids is 1. The fourth-order valence-corrected chi connectivity index (χ4v) is 5.73. The van der Waals surface area contributed by atoms with Gasteiger partial charge >= 0.3 is 0 Å². The van der Waals surface area contributed by atoms with Crippen LogP contribution in [0.25, 0.3) is 38.8 Å². The quantitative estimate of drug-likeness (QED) is 0.327. The molecule has 6 aromatic rings. The molecular formula is C32H29N7O. The smallest absolute Gasteiger partial charge is 0.222 e. The number of rotatable bonds is 5. The molecule has 2 N–H and O–H groups in total. The third-order valence-corrected chi connectivity index (χ3v) is 7.81. The van der Waals surface area contributed by atoms with Crippen molar-refractivity contribution >= 4 is 28.1 Å². The lowest BCUT2D eigenvalue weighted by molar-refractivity contribution is -0.131. The van der Waals surface area contributed by atoms with Crippen LogP contribution in [0.4, 0.5) is 5.82 Å². The third-order valence-electron chi connectivity index (χ3n) is 7.81. The fourth-order valence-electron chi connectivity index (χ4n) is 5.73. The Balaban J connectivity index is 1.30. The molecule has 0 spiro atoms. The number of hydrogen-bond acceptors (Lipinski definition) is 5. The predicted octanol–water partition coefficient (Wildman–Crippen LogP) is 5.34. The summed E-state index contributed by atoms with van der Waals surface area (Å²) in [6, 6.07) is 25.2. The summed E-state index contributed by atoms with van der Waals surface area (Å²) in [6.07, 6.45) is 4.96. The normalized spacial score (nSPS) is 13.2. The van der Waals surface area contributed by atoms with Crippen molar-refractivity contribution in [1.29, 1.82) is 0 Å². The molecule has 8 heteroatoms. The number of carbonyl (C=O) groups is 1. The van der Waals surface area contributed by atoms with Gasteiger partial charge < -0.3 is 10.6 Å². The molecule has 0 saturated heterocycles. The summed E-state index contributed by atoms with van der Waals surface area (Å²) < 4.78 is 3.85. The Morgan fingerprint density at radius 1 is 0.975 bits per heavy atom. The standard InChI is InChI=1S/C32H29N7O/c1-2-30(40)37-13-12-22-8-10-24(14-26(22)18-37)29-16-27(31-32(33)34-20-35-39(29)31)23-9-11-25-19-38(36-28(25)15-23)17-21-6-4-3-5-7-21/h3-11,14-16,19-20H,2,12-13,17-18H2,1H3,(H2,33,34,35). The van der Waals surface area contributed by atoms with E-state index in [-0.39, 0.29) is 5.91 Å². The van der Waals surface area contributed by atoms with Gasteiger partial charge in [-0.1, -0.05) is 61.5 Å². The summed E-state index contributed by atoms with van der Waals surface area (Å²) in [7, 11) is 0. The zero-order valence-corrected chi connectivity index (χ0v) is 22.3. The molecule has 0 fully saturated rings. The van der Waals surface area contributed by atoms with E-state index < -0.39 is 0 Å². The van der Waals surface area contributed by atoms with Gasteiger partial charge in [-0.3, -0.25) is 9.48 Å². The number of aromatic nitrogens is 5. The Morgan fingerprint density at radius 3 is 2.67 bits per heavy atom. The summed E-state index contributed by atoms with van der Waals surface area (Å²) in [5.41, 5.74) is 15.7. The first kappa shape index (κ1) is 24.1. The van der Waals surface area contributed by atoms with Crippen LogP contribution in [0.1, 0.15) is 30.0 Å². The van der Waals surface area contributed by atoms with Gasteiger partial charge in [0.25, 0.3) is 0 Å². The van der Waals surface area contributed by atoms with E-state index in [1.165, 1.54) is 23.0 Å². The van der Waals surface area contributed by atoms with Crippen LogP contribution in [-0.4, -0.2) is 41.7 Å². The van der Waals surface area contributed by atoms with Crippen molar-refractivity contribution in [2.45, 2.75) is 32.9 Å². The number of nitrogen functional groups attached to an aromatic ring is 1. The van der Waals surface area contributed by atoms with Crippen LogP contribution in [-0.2, 0) is 24.3 Å². The van der Waals surface area contributed by atoms with Crippen molar-refractivity contribution in [3.05, 3.63) is 102 Å². The number of nitrogens with zero attached hydrogens (tertiary/aromatic N) is 6. The second-order valence-corrected chi connectivity index (χ2v) is 10.3. The van der Waals surface area contributed by atoms with Gasteiger partial charge in [0.2, 0.25) is 5.91 Å². The molecule has 0 aliphatic carbocycles. The first-order valence-electron chi connectivity index (χ1n) is 13.6. The van der Waals surface area contributed by atoms with Gasteiger partial charge in [-0.15, -0.1) is 0 Å². The van der Waals surface area contributed by atoms with Crippen LogP contribution < -0.4 is 5.73 Å². The van der Waals surface area contributed by atoms with Gasteiger partial charge in [-0.25, -0.2) is 9.50 Å². The highest BCUT2D eigenvalue weighted by Gasteiger charge is 2.22. The zero-order chi connectivity index (χ0) is 27.2. The van der Waals surface area contributed by atoms with E-state index in [2.05, 4.69) is 70.9 Å². The van der Waals surface area contributed by atoms with Gasteiger partial charge in [0.05, 0.1) is 17.8 Å². The number of anilines is 1. The van der Waals surface area contributed by atoms with Crippen molar-refractivity contribution in [1.82, 2.24) is 29.3 Å². The van der Waals surface area contributed by atoms with E-state index in [1.807, 2.05) is 39.2 Å². The van der Waals surface area contributed by atoms with Gasteiger partial charge in [0.1, 0.15) is 11.8 Å². The molecule has 3 aromatic heterocycles. The second-order valence-electron chi connectivity index (χ2n) is 10.3. The Morgan fingerprint density at radius 2 is 1.82 bits per heavy atom. The molecule has 4 heterocycles. The maximum absolute atomic E-state index is 12.4. The van der Waals surface area contributed by atoms with Crippen molar-refractivity contribution in [3.8, 4) is 22.4 Å². The Labute approximate surface area is 231 Å². The average molecular weight is 528 g/mol. The molecule has 40 heavy (non-hydrogen) atoms. The molecule has 1 aliphatic heterocycles. The van der Waals surface area contributed by atoms with E-state index in [1.54, 1.807) is 0 Å². The van der Waals surface area contributed by atoms with Crippen LogP contribution in [0.2, 0.25) is 0 Å². The molecule has 0 atom stereocenters. The zero-order valence-electron chi connectivity index (χ0n) is 22.3. The topological polar surface area (TPSA) is 94.3 Å². The number of nitrogens with two attached hydrogens (primary N) is 1. The van der Waals surface area contributed by atoms with Gasteiger partial charge in [-0.05, 0) is 46.9 Å². The van der Waals surface area contributed by atoms with Crippen LogP contribution in [0.15, 0.2) is 85.3 Å². The van der Waals surface area contributed by atoms with Crippen LogP contribution in [0.3, 0.4) is 0 Å². The molecule has 3 aromatic carbocycles. The SMILES string of the molecule is CCC(=O)N1CCc2ccc(-c3cc(-c4ccc5cn(Cc6ccccc6)nc5c4)c4c(N)ncnn34)cc2C1. The molecule has 0 unspecified atom stereocenters. The Bertz CT molecular complexity index is 1890. The highest BCUT2D eigenvalue weighted by atomic mass is 16.2. The minimum Gasteiger partial charge on any atom is -0.382 e. The third kappa shape index (κ3) is 4.18. The van der Waals surface area contributed by atoms with Crippen LogP contribution in [0, 0.1) is 0 Å². The molecule has 8 nitrogen and oxygen atoms in total. The van der Waals surface area contributed by atoms with Gasteiger partial charge in [-0.2, -0.15) is 10.2 Å². The lowest BCUT2D eigenvalue weighted by atomic mass is 9.96. The second kappa shape index (κ2) is 9.64. The van der Waals surface area contributed by atoms with E-state index >= 15 is 0 Å². The predicted molar refractivity (Wildman–Crippen MR) is 157 cm³/mol. The summed E-state index contributed by atoms with van der Waals surface area (Å²) in [4.78, 5) is 18.6. The maximum Gasteiger partial charge on any atom is 0.222 e. The Hall–Kier alpha value is -4.98. The van der Waals surface area contributed by atoms with E-state index in [0.29, 0.717) is 25.3 Å². The van der Waals surface area contributed by atoms with Crippen molar-refractivity contribution in [2.75, 3.05) is 12.3 Å². The van der Waals surface area contributed by atoms with Gasteiger partial charge in [0.15, 0.2) is 5.82 Å². The molecular weight excluding hydrogens is 498 g/mol. The van der Waals surface area contributed by atoms with Crippen molar-refractivity contribution < 1.29 is 4.79 Å². The summed E-state index contributed by atoms with van der Waals surface area (Å²) in [5.74, 6) is 0.609. The maximum atomic E-state index is 12.4. The van der Waals surface area contributed by atoms with Gasteiger partial charge in [0, 0.05) is 42.2 Å². The number of benzene rings is 3. The van der Waals surface area contributed by atoms with Crippen molar-refractivity contribution in [2.24, 2.45) is 0 Å². The molecule has 1 amide bonds. The lowest BCUT2D eigenvalue weighted by Crippen LogP contribution is -2.35. The Kier molecular flexibility index (Phi) is 5.81. The summed E-state index contributed by atoms with van der Waals surface area (Å²) in [6.45, 7) is 4.03. The van der Waals surface area contributed by atoms with Crippen LogP contribution in [0.5, 0.6) is 0 Å². The fraction of sp³-hybridized carbons (Fsp3) is 0.188. The number of hydrogen-bond donors (Lipinski definition) is 1. The minimum absolute atomic E-state index is 0.189. The van der Waals surface area contributed by atoms with Crippen LogP contribution >= 0.6 is 0 Å². The minimum atomic E-state index is 0.189. The highest BCUT2D eigenvalue weighted by molar-refractivity contribution is 5.95. The lowest BCUT2D eigenvalue weighted by Gasteiger charge is -2.29. The molecule has 0 saturated carbocycles. The first-order valence-corrected chi connectivity index (χ1v) is 13.6. The summed E-state index contributed by atoms with van der Waals surface area (Å²) in [5, 5.41) is 10.5. The average Bonchev–Trinajstić information content (AvgIpc) is 3.58. The molecule has 7 rings (SSSR count). The number of amides is 1. The number of fused-ring (bicyclic) bond motifs is 3. The molecule has 0 bridgehead atoms. The van der Waals surface area contributed by atoms with E-state index in [4.69, 9.17) is 10.8 Å². The molecule has 198 valence electrons. The van der Waals surface area contributed by atoms with E-state index in [9.17, 15) is 4.79 Å². The first-order chi connectivity index (χ1) is 19.6. The largest absolute Gasteiger partial charge is 0.382 e. The monoisotopic (exact) mass is 527 g/mol. The summed E-state index contributed by atoms with van der Waals surface area (Å²) >= 11 is 0. The van der Waals surface area contributed by atoms with E-state index in [0.717, 1.165) is 51.8 Å². The highest BCUT2D eigenvalue weighted by Crippen LogP contribution is 2.36. The van der Waals surface area contributed by atoms with Crippen molar-refractivity contribution in [3.63, 3.8) is 0 Å².